The van der Waals surface area contributed by atoms with Crippen LogP contribution in [0.5, 0.6) is 5.75 Å². The number of carbonyl (C=O) groups is 1. The lowest BCUT2D eigenvalue weighted by molar-refractivity contribution is 0.0922. The van der Waals surface area contributed by atoms with Crippen LogP contribution in [0, 0.1) is 13.8 Å². The molecule has 0 aliphatic heterocycles. The minimum absolute atomic E-state index is 0.251. The smallest absolute Gasteiger partial charge is 0.287 e. The number of hydrogen-bond acceptors (Lipinski definition) is 4. The van der Waals surface area contributed by atoms with Crippen molar-refractivity contribution >= 4 is 16.9 Å². The van der Waals surface area contributed by atoms with Crippen molar-refractivity contribution in [1.29, 1.82) is 0 Å². The van der Waals surface area contributed by atoms with Crippen LogP contribution in [0.25, 0.3) is 11.0 Å². The first-order chi connectivity index (χ1) is 14.1. The average Bonchev–Trinajstić information content (AvgIpc) is 3.34. The summed E-state index contributed by atoms with van der Waals surface area (Å²) in [5.41, 5.74) is 4.18. The maximum absolute atomic E-state index is 12.3. The second-order valence-electron chi connectivity index (χ2n) is 7.03. The standard InChI is InChI=1S/C23H23N3O3/c1-15-7-9-20(16(2)13-15)28-14-17-8-10-21(29-17)23(27)24-12-11-22-25-18-5-3-4-6-19(18)26-22/h3-10,13H,11-12,14H2,1-2H3,(H,24,27)(H,25,26). The van der Waals surface area contributed by atoms with Crippen LogP contribution in [0.15, 0.2) is 59.0 Å². The Bertz CT molecular complexity index is 1110. The minimum Gasteiger partial charge on any atom is -0.485 e. The minimum atomic E-state index is -0.251. The third-order valence-electron chi connectivity index (χ3n) is 4.67. The van der Waals surface area contributed by atoms with Gasteiger partial charge in [0.15, 0.2) is 5.76 Å². The second-order valence-corrected chi connectivity index (χ2v) is 7.03. The van der Waals surface area contributed by atoms with Gasteiger partial charge >= 0.3 is 0 Å². The molecule has 0 saturated heterocycles. The first kappa shape index (κ1) is 18.8. The van der Waals surface area contributed by atoms with Gasteiger partial charge in [-0.15, -0.1) is 0 Å². The predicted molar refractivity (Wildman–Crippen MR) is 111 cm³/mol. The molecule has 0 aliphatic carbocycles. The molecule has 4 rings (SSSR count). The monoisotopic (exact) mass is 389 g/mol. The number of carbonyl (C=O) groups excluding carboxylic acids is 1. The average molecular weight is 389 g/mol. The van der Waals surface area contributed by atoms with Gasteiger partial charge in [-0.1, -0.05) is 29.8 Å². The summed E-state index contributed by atoms with van der Waals surface area (Å²) in [4.78, 5) is 20.1. The summed E-state index contributed by atoms with van der Waals surface area (Å²) in [5, 5.41) is 2.86. The first-order valence-corrected chi connectivity index (χ1v) is 9.59. The Morgan fingerprint density at radius 3 is 2.83 bits per heavy atom. The molecule has 6 nitrogen and oxygen atoms in total. The third kappa shape index (κ3) is 4.48. The fraction of sp³-hybridized carbons (Fsp3) is 0.217. The largest absolute Gasteiger partial charge is 0.485 e. The molecule has 2 aromatic heterocycles. The maximum Gasteiger partial charge on any atom is 0.287 e. The molecule has 2 N–H and O–H groups in total. The number of aromatic amines is 1. The van der Waals surface area contributed by atoms with E-state index in [0.29, 0.717) is 18.7 Å². The molecule has 2 aromatic carbocycles. The van der Waals surface area contributed by atoms with Crippen LogP contribution in [-0.4, -0.2) is 22.4 Å². The predicted octanol–water partition coefficient (Wildman–Crippen LogP) is 4.32. The van der Waals surface area contributed by atoms with E-state index in [1.165, 1.54) is 5.56 Å². The van der Waals surface area contributed by atoms with E-state index in [-0.39, 0.29) is 18.3 Å². The van der Waals surface area contributed by atoms with Gasteiger partial charge in [0.2, 0.25) is 0 Å². The molecule has 0 fully saturated rings. The quantitative estimate of drug-likeness (QED) is 0.493. The van der Waals surface area contributed by atoms with E-state index >= 15 is 0 Å². The fourth-order valence-corrected chi connectivity index (χ4v) is 3.19. The van der Waals surface area contributed by atoms with E-state index in [1.54, 1.807) is 12.1 Å². The molecule has 148 valence electrons. The Kier molecular flexibility index (Phi) is 5.33. The lowest BCUT2D eigenvalue weighted by atomic mass is 10.1. The number of H-pyrrole nitrogens is 1. The van der Waals surface area contributed by atoms with Crippen LogP contribution in [0.1, 0.15) is 33.3 Å². The van der Waals surface area contributed by atoms with E-state index in [4.69, 9.17) is 9.15 Å². The van der Waals surface area contributed by atoms with Crippen molar-refractivity contribution in [3.63, 3.8) is 0 Å². The van der Waals surface area contributed by atoms with Crippen molar-refractivity contribution < 1.29 is 13.9 Å². The van der Waals surface area contributed by atoms with Gasteiger partial charge in [-0.05, 0) is 49.7 Å². The van der Waals surface area contributed by atoms with E-state index < -0.39 is 0 Å². The summed E-state index contributed by atoms with van der Waals surface area (Å²) < 4.78 is 11.4. The van der Waals surface area contributed by atoms with Crippen molar-refractivity contribution in [3.05, 3.63) is 83.1 Å². The summed E-state index contributed by atoms with van der Waals surface area (Å²) in [6.45, 7) is 4.79. The number of nitrogens with zero attached hydrogens (tertiary/aromatic N) is 1. The number of para-hydroxylation sites is 2. The molecular weight excluding hydrogens is 366 g/mol. The molecule has 29 heavy (non-hydrogen) atoms. The van der Waals surface area contributed by atoms with Gasteiger partial charge in [-0.2, -0.15) is 0 Å². The summed E-state index contributed by atoms with van der Waals surface area (Å²) in [6.07, 6.45) is 0.615. The van der Waals surface area contributed by atoms with Crippen LogP contribution >= 0.6 is 0 Å². The van der Waals surface area contributed by atoms with Gasteiger partial charge < -0.3 is 19.5 Å². The van der Waals surface area contributed by atoms with Crippen LogP contribution in [0.3, 0.4) is 0 Å². The fourth-order valence-electron chi connectivity index (χ4n) is 3.19. The molecule has 0 radical (unpaired) electrons. The lowest BCUT2D eigenvalue weighted by Crippen LogP contribution is -2.25. The Labute approximate surface area is 168 Å². The molecule has 0 spiro atoms. The zero-order valence-corrected chi connectivity index (χ0v) is 16.5. The normalized spacial score (nSPS) is 11.0. The topological polar surface area (TPSA) is 80.1 Å². The zero-order valence-electron chi connectivity index (χ0n) is 16.5. The number of imidazole rings is 1. The highest BCUT2D eigenvalue weighted by molar-refractivity contribution is 5.91. The Morgan fingerprint density at radius 2 is 2.00 bits per heavy atom. The molecular formula is C23H23N3O3. The molecule has 2 heterocycles. The van der Waals surface area contributed by atoms with Crippen molar-refractivity contribution in [2.45, 2.75) is 26.9 Å². The van der Waals surface area contributed by atoms with Gasteiger partial charge in [0, 0.05) is 13.0 Å². The number of aromatic nitrogens is 2. The van der Waals surface area contributed by atoms with E-state index in [0.717, 1.165) is 28.2 Å². The highest BCUT2D eigenvalue weighted by Gasteiger charge is 2.12. The molecule has 6 heteroatoms. The maximum atomic E-state index is 12.3. The summed E-state index contributed by atoms with van der Waals surface area (Å²) in [6, 6.07) is 17.3. The summed E-state index contributed by atoms with van der Waals surface area (Å²) in [5.74, 6) is 2.28. The summed E-state index contributed by atoms with van der Waals surface area (Å²) >= 11 is 0. The number of aryl methyl sites for hydroxylation is 2. The number of furan rings is 1. The number of nitrogens with one attached hydrogen (secondary N) is 2. The van der Waals surface area contributed by atoms with Gasteiger partial charge in [0.1, 0.15) is 23.9 Å². The number of fused-ring (bicyclic) bond motifs is 1. The number of ether oxygens (including phenoxy) is 1. The van der Waals surface area contributed by atoms with Gasteiger partial charge in [0.05, 0.1) is 11.0 Å². The summed E-state index contributed by atoms with van der Waals surface area (Å²) in [7, 11) is 0. The molecule has 0 saturated carbocycles. The Balaban J connectivity index is 1.28. The van der Waals surface area contributed by atoms with Crippen LogP contribution in [0.2, 0.25) is 0 Å². The SMILES string of the molecule is Cc1ccc(OCc2ccc(C(=O)NCCc3nc4ccccc4[nH]3)o2)c(C)c1. The van der Waals surface area contributed by atoms with Crippen LogP contribution in [0.4, 0.5) is 0 Å². The number of rotatable bonds is 7. The van der Waals surface area contributed by atoms with E-state index in [9.17, 15) is 4.79 Å². The lowest BCUT2D eigenvalue weighted by Gasteiger charge is -2.08. The first-order valence-electron chi connectivity index (χ1n) is 9.59. The van der Waals surface area contributed by atoms with Gasteiger partial charge in [0.25, 0.3) is 5.91 Å². The second kappa shape index (κ2) is 8.22. The van der Waals surface area contributed by atoms with Gasteiger partial charge in [-0.25, -0.2) is 4.98 Å². The van der Waals surface area contributed by atoms with Crippen LogP contribution in [-0.2, 0) is 13.0 Å². The van der Waals surface area contributed by atoms with Crippen molar-refractivity contribution in [2.24, 2.45) is 0 Å². The highest BCUT2D eigenvalue weighted by Crippen LogP contribution is 2.20. The van der Waals surface area contributed by atoms with E-state index in [1.807, 2.05) is 50.2 Å². The van der Waals surface area contributed by atoms with E-state index in [2.05, 4.69) is 21.4 Å². The Morgan fingerprint density at radius 1 is 1.14 bits per heavy atom. The van der Waals surface area contributed by atoms with Gasteiger partial charge in [-0.3, -0.25) is 4.79 Å². The molecule has 0 aliphatic rings. The van der Waals surface area contributed by atoms with Crippen molar-refractivity contribution in [3.8, 4) is 5.75 Å². The molecule has 0 atom stereocenters. The molecule has 0 bridgehead atoms. The number of amides is 1. The zero-order chi connectivity index (χ0) is 20.2. The molecule has 1 amide bonds. The molecule has 0 unspecified atom stereocenters. The number of benzene rings is 2. The Hall–Kier alpha value is -3.54. The van der Waals surface area contributed by atoms with Crippen LogP contribution < -0.4 is 10.1 Å². The number of hydrogen-bond donors (Lipinski definition) is 2. The van der Waals surface area contributed by atoms with Crippen molar-refractivity contribution in [2.75, 3.05) is 6.54 Å². The molecule has 4 aromatic rings. The third-order valence-corrected chi connectivity index (χ3v) is 4.67. The van der Waals surface area contributed by atoms with Crippen molar-refractivity contribution in [1.82, 2.24) is 15.3 Å². The highest BCUT2D eigenvalue weighted by atomic mass is 16.5.